The first-order valence-electron chi connectivity index (χ1n) is 5.96. The van der Waals surface area contributed by atoms with Crippen LogP contribution >= 0.6 is 0 Å². The number of carbonyl (C=O) groups is 2. The molecule has 0 aromatic carbocycles. The molecule has 2 unspecified atom stereocenters. The van der Waals surface area contributed by atoms with Crippen molar-refractivity contribution in [2.75, 3.05) is 26.2 Å². The molecule has 2 fully saturated rings. The van der Waals surface area contributed by atoms with E-state index in [9.17, 15) is 9.59 Å². The number of fused-ring (bicyclic) bond motifs is 1. The highest BCUT2D eigenvalue weighted by atomic mass is 16.2. The Morgan fingerprint density at radius 2 is 2.18 bits per heavy atom. The molecule has 0 radical (unpaired) electrons. The molecular formula is C11H20N4O2. The number of nitrogens with one attached hydrogen (secondary N) is 2. The first kappa shape index (κ1) is 12.3. The van der Waals surface area contributed by atoms with Gasteiger partial charge >= 0.3 is 6.03 Å². The van der Waals surface area contributed by atoms with Crippen LogP contribution in [0.3, 0.4) is 0 Å². The number of rotatable bonds is 2. The average molecular weight is 240 g/mol. The van der Waals surface area contributed by atoms with Gasteiger partial charge in [0.25, 0.3) is 0 Å². The highest BCUT2D eigenvalue weighted by Gasteiger charge is 2.49. The number of primary amides is 1. The lowest BCUT2D eigenvalue weighted by Gasteiger charge is -2.35. The van der Waals surface area contributed by atoms with Crippen molar-refractivity contribution < 1.29 is 9.59 Å². The highest BCUT2D eigenvalue weighted by Crippen LogP contribution is 2.40. The molecule has 2 atom stereocenters. The Morgan fingerprint density at radius 1 is 1.47 bits per heavy atom. The maximum absolute atomic E-state index is 11.5. The molecule has 96 valence electrons. The van der Waals surface area contributed by atoms with Crippen LogP contribution in [-0.4, -0.2) is 48.6 Å². The predicted molar refractivity (Wildman–Crippen MR) is 63.2 cm³/mol. The van der Waals surface area contributed by atoms with Crippen LogP contribution in [0.15, 0.2) is 0 Å². The fourth-order valence-electron chi connectivity index (χ4n) is 3.12. The van der Waals surface area contributed by atoms with Crippen molar-refractivity contribution in [3.63, 3.8) is 0 Å². The summed E-state index contributed by atoms with van der Waals surface area (Å²) in [7, 11) is 0. The molecule has 2 aliphatic rings. The second kappa shape index (κ2) is 4.27. The molecular weight excluding hydrogens is 220 g/mol. The van der Waals surface area contributed by atoms with Gasteiger partial charge in [-0.05, 0) is 32.2 Å². The predicted octanol–water partition coefficient (Wildman–Crippen LogP) is -0.889. The van der Waals surface area contributed by atoms with Crippen molar-refractivity contribution in [2.24, 2.45) is 17.6 Å². The minimum Gasteiger partial charge on any atom is -0.351 e. The minimum absolute atomic E-state index is 0.0108. The molecule has 0 bridgehead atoms. The van der Waals surface area contributed by atoms with Crippen LogP contribution in [0.4, 0.5) is 4.79 Å². The molecule has 6 nitrogen and oxygen atoms in total. The van der Waals surface area contributed by atoms with E-state index in [0.717, 1.165) is 19.6 Å². The standard InChI is InChI=1S/C11H20N4O2/c1-11(2)8-4-13-3-7(8)5-15(11)6-9(16)14-10(12)17/h7-8,13H,3-6H2,1-2H3,(H3,12,14,16,17). The number of urea groups is 1. The van der Waals surface area contributed by atoms with Gasteiger partial charge in [-0.3, -0.25) is 15.0 Å². The quantitative estimate of drug-likeness (QED) is 0.584. The van der Waals surface area contributed by atoms with E-state index < -0.39 is 6.03 Å². The summed E-state index contributed by atoms with van der Waals surface area (Å²) in [6.45, 7) is 7.47. The van der Waals surface area contributed by atoms with Crippen LogP contribution in [0.5, 0.6) is 0 Å². The van der Waals surface area contributed by atoms with E-state index in [1.807, 2.05) is 0 Å². The van der Waals surface area contributed by atoms with Crippen LogP contribution in [-0.2, 0) is 4.79 Å². The lowest BCUT2D eigenvalue weighted by atomic mass is 9.85. The van der Waals surface area contributed by atoms with Gasteiger partial charge in [0.1, 0.15) is 0 Å². The van der Waals surface area contributed by atoms with E-state index in [2.05, 4.69) is 29.4 Å². The summed E-state index contributed by atoms with van der Waals surface area (Å²) < 4.78 is 0. The molecule has 3 amide bonds. The Kier molecular flexibility index (Phi) is 3.09. The van der Waals surface area contributed by atoms with Crippen LogP contribution < -0.4 is 16.4 Å². The molecule has 2 heterocycles. The van der Waals surface area contributed by atoms with Gasteiger partial charge in [0.2, 0.25) is 5.91 Å². The Balaban J connectivity index is 1.98. The summed E-state index contributed by atoms with van der Waals surface area (Å²) in [5, 5.41) is 5.50. The number of nitrogens with zero attached hydrogens (tertiary/aromatic N) is 1. The zero-order valence-electron chi connectivity index (χ0n) is 10.3. The number of carbonyl (C=O) groups excluding carboxylic acids is 2. The van der Waals surface area contributed by atoms with Crippen LogP contribution in [0, 0.1) is 11.8 Å². The smallest absolute Gasteiger partial charge is 0.318 e. The Hall–Kier alpha value is -1.14. The van der Waals surface area contributed by atoms with Gasteiger partial charge in [0.05, 0.1) is 6.54 Å². The molecule has 0 aromatic heterocycles. The van der Waals surface area contributed by atoms with Crippen molar-refractivity contribution in [1.82, 2.24) is 15.5 Å². The summed E-state index contributed by atoms with van der Waals surface area (Å²) in [6.07, 6.45) is 0. The molecule has 2 rings (SSSR count). The molecule has 17 heavy (non-hydrogen) atoms. The van der Waals surface area contributed by atoms with E-state index in [0.29, 0.717) is 11.8 Å². The zero-order valence-corrected chi connectivity index (χ0v) is 10.3. The number of hydrogen-bond acceptors (Lipinski definition) is 4. The molecule has 2 aliphatic heterocycles. The minimum atomic E-state index is -0.783. The summed E-state index contributed by atoms with van der Waals surface area (Å²) in [5.74, 6) is 0.855. The van der Waals surface area contributed by atoms with Gasteiger partial charge in [-0.1, -0.05) is 0 Å². The second-order valence-corrected chi connectivity index (χ2v) is 5.47. The van der Waals surface area contributed by atoms with Crippen LogP contribution in [0.1, 0.15) is 13.8 Å². The molecule has 6 heteroatoms. The summed E-state index contributed by atoms with van der Waals surface area (Å²) in [5.41, 5.74) is 4.92. The molecule has 2 saturated heterocycles. The number of imide groups is 1. The molecule has 0 aromatic rings. The third kappa shape index (κ3) is 2.28. The molecule has 4 N–H and O–H groups in total. The van der Waals surface area contributed by atoms with Gasteiger partial charge < -0.3 is 11.1 Å². The number of amides is 3. The van der Waals surface area contributed by atoms with Crippen molar-refractivity contribution in [3.8, 4) is 0 Å². The maximum atomic E-state index is 11.5. The van der Waals surface area contributed by atoms with Gasteiger partial charge in [0, 0.05) is 18.6 Å². The molecule has 0 saturated carbocycles. The zero-order chi connectivity index (χ0) is 12.6. The fraction of sp³-hybridized carbons (Fsp3) is 0.818. The highest BCUT2D eigenvalue weighted by molar-refractivity contribution is 5.94. The van der Waals surface area contributed by atoms with Crippen molar-refractivity contribution in [1.29, 1.82) is 0 Å². The van der Waals surface area contributed by atoms with E-state index in [1.165, 1.54) is 0 Å². The average Bonchev–Trinajstić information content (AvgIpc) is 2.70. The lowest BCUT2D eigenvalue weighted by Crippen LogP contribution is -2.50. The maximum Gasteiger partial charge on any atom is 0.318 e. The largest absolute Gasteiger partial charge is 0.351 e. The van der Waals surface area contributed by atoms with E-state index in [1.54, 1.807) is 0 Å². The second-order valence-electron chi connectivity index (χ2n) is 5.47. The van der Waals surface area contributed by atoms with Gasteiger partial charge in [0.15, 0.2) is 0 Å². The fourth-order valence-corrected chi connectivity index (χ4v) is 3.12. The number of nitrogens with two attached hydrogens (primary N) is 1. The van der Waals surface area contributed by atoms with Crippen molar-refractivity contribution in [2.45, 2.75) is 19.4 Å². The van der Waals surface area contributed by atoms with Gasteiger partial charge in [-0.2, -0.15) is 0 Å². The van der Waals surface area contributed by atoms with Crippen LogP contribution in [0.2, 0.25) is 0 Å². The first-order chi connectivity index (χ1) is 7.91. The first-order valence-corrected chi connectivity index (χ1v) is 5.96. The van der Waals surface area contributed by atoms with E-state index in [-0.39, 0.29) is 18.0 Å². The molecule has 0 aliphatic carbocycles. The number of hydrogen-bond donors (Lipinski definition) is 3. The van der Waals surface area contributed by atoms with E-state index in [4.69, 9.17) is 5.73 Å². The van der Waals surface area contributed by atoms with Gasteiger partial charge in [-0.25, -0.2) is 4.79 Å². The third-order valence-electron chi connectivity index (χ3n) is 4.11. The summed E-state index contributed by atoms with van der Waals surface area (Å²) >= 11 is 0. The SMILES string of the molecule is CC1(C)C2CNCC2CN1CC(=O)NC(N)=O. The summed E-state index contributed by atoms with van der Waals surface area (Å²) in [6, 6.07) is -0.783. The Morgan fingerprint density at radius 3 is 2.76 bits per heavy atom. The van der Waals surface area contributed by atoms with Gasteiger partial charge in [-0.15, -0.1) is 0 Å². The topological polar surface area (TPSA) is 87.5 Å². The summed E-state index contributed by atoms with van der Waals surface area (Å²) in [4.78, 5) is 24.3. The monoisotopic (exact) mass is 240 g/mol. The number of likely N-dealkylation sites (tertiary alicyclic amines) is 1. The Bertz CT molecular complexity index is 342. The lowest BCUT2D eigenvalue weighted by molar-refractivity contribution is -0.122. The third-order valence-corrected chi connectivity index (χ3v) is 4.11. The molecule has 0 spiro atoms. The van der Waals surface area contributed by atoms with E-state index >= 15 is 0 Å². The van der Waals surface area contributed by atoms with Crippen LogP contribution in [0.25, 0.3) is 0 Å². The van der Waals surface area contributed by atoms with Crippen molar-refractivity contribution >= 4 is 11.9 Å². The van der Waals surface area contributed by atoms with Crippen molar-refractivity contribution in [3.05, 3.63) is 0 Å². The Labute approximate surface area is 101 Å². The normalized spacial score (nSPS) is 31.2.